The fraction of sp³-hybridized carbons (Fsp3) is 0.462. The molecule has 0 saturated carbocycles. The van der Waals surface area contributed by atoms with Gasteiger partial charge in [-0.05, 0) is 23.6 Å². The van der Waals surface area contributed by atoms with Crippen LogP contribution in [0.4, 0.5) is 4.39 Å². The molecule has 0 radical (unpaired) electrons. The van der Waals surface area contributed by atoms with Crippen LogP contribution >= 0.6 is 0 Å². The minimum Gasteiger partial charge on any atom is -0.354 e. The molecule has 0 spiro atoms. The van der Waals surface area contributed by atoms with Crippen molar-refractivity contribution in [3.05, 3.63) is 35.6 Å². The molecule has 0 bridgehead atoms. The molecule has 3 N–H and O–H groups in total. The van der Waals surface area contributed by atoms with Gasteiger partial charge in [0.05, 0.1) is 6.42 Å². The van der Waals surface area contributed by atoms with E-state index in [1.54, 1.807) is 12.1 Å². The average molecular weight is 238 g/mol. The minimum atomic E-state index is -0.325. The summed E-state index contributed by atoms with van der Waals surface area (Å²) in [4.78, 5) is 11.6. The van der Waals surface area contributed by atoms with E-state index in [0.717, 1.165) is 0 Å². The molecule has 0 aliphatic heterocycles. The van der Waals surface area contributed by atoms with Gasteiger partial charge in [-0.1, -0.05) is 26.0 Å². The third-order valence-corrected chi connectivity index (χ3v) is 2.64. The van der Waals surface area contributed by atoms with Gasteiger partial charge >= 0.3 is 0 Å². The van der Waals surface area contributed by atoms with Crippen molar-refractivity contribution in [3.8, 4) is 0 Å². The molecule has 1 atom stereocenters. The Kier molecular flexibility index (Phi) is 5.10. The van der Waals surface area contributed by atoms with Crippen molar-refractivity contribution in [1.29, 1.82) is 0 Å². The zero-order valence-corrected chi connectivity index (χ0v) is 10.2. The average Bonchev–Trinajstić information content (AvgIpc) is 2.25. The molecule has 4 heteroatoms. The second kappa shape index (κ2) is 6.35. The van der Waals surface area contributed by atoms with Crippen molar-refractivity contribution >= 4 is 5.91 Å². The van der Waals surface area contributed by atoms with E-state index >= 15 is 0 Å². The standard InChI is InChI=1S/C13H19FN2O/c1-9(2)12(15)8-16-13(17)7-10-4-3-5-11(14)6-10/h3-6,9,12H,7-8,15H2,1-2H3,(H,16,17). The van der Waals surface area contributed by atoms with Gasteiger partial charge in [0.2, 0.25) is 5.91 Å². The number of hydrogen-bond acceptors (Lipinski definition) is 2. The summed E-state index contributed by atoms with van der Waals surface area (Å²) in [5.41, 5.74) is 6.47. The highest BCUT2D eigenvalue weighted by Gasteiger charge is 2.09. The largest absolute Gasteiger partial charge is 0.354 e. The number of halogens is 1. The van der Waals surface area contributed by atoms with Crippen molar-refractivity contribution in [2.24, 2.45) is 11.7 Å². The van der Waals surface area contributed by atoms with Crippen molar-refractivity contribution in [2.75, 3.05) is 6.54 Å². The van der Waals surface area contributed by atoms with Gasteiger partial charge < -0.3 is 11.1 Å². The highest BCUT2D eigenvalue weighted by Crippen LogP contribution is 2.04. The number of nitrogens with one attached hydrogen (secondary N) is 1. The number of benzene rings is 1. The first-order chi connectivity index (χ1) is 7.99. The maximum absolute atomic E-state index is 12.9. The lowest BCUT2D eigenvalue weighted by molar-refractivity contribution is -0.120. The van der Waals surface area contributed by atoms with E-state index in [4.69, 9.17) is 5.73 Å². The molecule has 0 aliphatic carbocycles. The van der Waals surface area contributed by atoms with Crippen LogP contribution in [0.2, 0.25) is 0 Å². The molecular formula is C13H19FN2O. The van der Waals surface area contributed by atoms with Crippen LogP contribution in [0, 0.1) is 11.7 Å². The summed E-state index contributed by atoms with van der Waals surface area (Å²) >= 11 is 0. The number of nitrogens with two attached hydrogens (primary N) is 1. The van der Waals surface area contributed by atoms with E-state index in [-0.39, 0.29) is 24.2 Å². The first-order valence-corrected chi connectivity index (χ1v) is 5.75. The number of amides is 1. The summed E-state index contributed by atoms with van der Waals surface area (Å²) < 4.78 is 12.9. The molecule has 1 aromatic rings. The SMILES string of the molecule is CC(C)C(N)CNC(=O)Cc1cccc(F)c1. The second-order valence-corrected chi connectivity index (χ2v) is 4.52. The minimum absolute atomic E-state index is 0.0496. The Labute approximate surface area is 101 Å². The molecule has 94 valence electrons. The maximum atomic E-state index is 12.9. The summed E-state index contributed by atoms with van der Waals surface area (Å²) in [5.74, 6) is -0.134. The quantitative estimate of drug-likeness (QED) is 0.816. The van der Waals surface area contributed by atoms with Crippen LogP contribution in [-0.2, 0) is 11.2 Å². The van der Waals surface area contributed by atoms with Gasteiger partial charge in [-0.3, -0.25) is 4.79 Å². The van der Waals surface area contributed by atoms with Crippen LogP contribution < -0.4 is 11.1 Å². The van der Waals surface area contributed by atoms with Crippen LogP contribution in [0.3, 0.4) is 0 Å². The lowest BCUT2D eigenvalue weighted by Gasteiger charge is -2.16. The lowest BCUT2D eigenvalue weighted by atomic mass is 10.1. The van der Waals surface area contributed by atoms with Gasteiger partial charge in [-0.25, -0.2) is 4.39 Å². The van der Waals surface area contributed by atoms with Gasteiger partial charge in [0.1, 0.15) is 5.82 Å². The topological polar surface area (TPSA) is 55.1 Å². The van der Waals surface area contributed by atoms with Gasteiger partial charge in [0, 0.05) is 12.6 Å². The van der Waals surface area contributed by atoms with Crippen molar-refractivity contribution < 1.29 is 9.18 Å². The highest BCUT2D eigenvalue weighted by molar-refractivity contribution is 5.78. The Hall–Kier alpha value is -1.42. The first kappa shape index (κ1) is 13.6. The normalized spacial score (nSPS) is 12.5. The molecule has 1 unspecified atom stereocenters. The third kappa shape index (κ3) is 4.95. The lowest BCUT2D eigenvalue weighted by Crippen LogP contribution is -2.40. The summed E-state index contributed by atoms with van der Waals surface area (Å²) in [7, 11) is 0. The van der Waals surface area contributed by atoms with Crippen molar-refractivity contribution in [2.45, 2.75) is 26.3 Å². The zero-order chi connectivity index (χ0) is 12.8. The van der Waals surface area contributed by atoms with E-state index in [9.17, 15) is 9.18 Å². The van der Waals surface area contributed by atoms with E-state index < -0.39 is 0 Å². The highest BCUT2D eigenvalue weighted by atomic mass is 19.1. The molecule has 0 heterocycles. The summed E-state index contributed by atoms with van der Waals surface area (Å²) in [6.07, 6.45) is 0.183. The molecule has 3 nitrogen and oxygen atoms in total. The number of rotatable bonds is 5. The Morgan fingerprint density at radius 1 is 1.47 bits per heavy atom. The molecule has 1 aromatic carbocycles. The predicted molar refractivity (Wildman–Crippen MR) is 65.9 cm³/mol. The Balaban J connectivity index is 2.40. The van der Waals surface area contributed by atoms with Gasteiger partial charge in [-0.15, -0.1) is 0 Å². The third-order valence-electron chi connectivity index (χ3n) is 2.64. The van der Waals surface area contributed by atoms with Crippen LogP contribution in [0.25, 0.3) is 0 Å². The van der Waals surface area contributed by atoms with Crippen LogP contribution in [0.15, 0.2) is 24.3 Å². The molecule has 0 saturated heterocycles. The number of carbonyl (C=O) groups excluding carboxylic acids is 1. The zero-order valence-electron chi connectivity index (χ0n) is 10.2. The first-order valence-electron chi connectivity index (χ1n) is 5.75. The van der Waals surface area contributed by atoms with E-state index in [1.165, 1.54) is 12.1 Å². The number of carbonyl (C=O) groups is 1. The molecule has 0 aliphatic rings. The smallest absolute Gasteiger partial charge is 0.224 e. The Morgan fingerprint density at radius 3 is 2.76 bits per heavy atom. The fourth-order valence-electron chi connectivity index (χ4n) is 1.36. The molecule has 0 fully saturated rings. The summed E-state index contributed by atoms with van der Waals surface area (Å²) in [5, 5.41) is 2.75. The van der Waals surface area contributed by atoms with Gasteiger partial charge in [0.15, 0.2) is 0 Å². The van der Waals surface area contributed by atoms with Crippen LogP contribution in [-0.4, -0.2) is 18.5 Å². The Bertz CT molecular complexity index is 379. The molecule has 1 amide bonds. The molecule has 0 aromatic heterocycles. The summed E-state index contributed by atoms with van der Waals surface area (Å²) in [6.45, 7) is 4.46. The van der Waals surface area contributed by atoms with Crippen molar-refractivity contribution in [3.63, 3.8) is 0 Å². The van der Waals surface area contributed by atoms with Gasteiger partial charge in [-0.2, -0.15) is 0 Å². The van der Waals surface area contributed by atoms with E-state index in [1.807, 2.05) is 13.8 Å². The predicted octanol–water partition coefficient (Wildman–Crippen LogP) is 1.47. The van der Waals surface area contributed by atoms with Crippen molar-refractivity contribution in [1.82, 2.24) is 5.32 Å². The van der Waals surface area contributed by atoms with Crippen LogP contribution in [0.5, 0.6) is 0 Å². The Morgan fingerprint density at radius 2 is 2.18 bits per heavy atom. The summed E-state index contributed by atoms with van der Waals surface area (Å²) in [6, 6.07) is 5.99. The molecule has 17 heavy (non-hydrogen) atoms. The van der Waals surface area contributed by atoms with Crippen LogP contribution in [0.1, 0.15) is 19.4 Å². The fourth-order valence-corrected chi connectivity index (χ4v) is 1.36. The van der Waals surface area contributed by atoms with E-state index in [0.29, 0.717) is 18.0 Å². The van der Waals surface area contributed by atoms with E-state index in [2.05, 4.69) is 5.32 Å². The second-order valence-electron chi connectivity index (χ2n) is 4.52. The number of hydrogen-bond donors (Lipinski definition) is 2. The molecule has 1 rings (SSSR count). The monoisotopic (exact) mass is 238 g/mol. The maximum Gasteiger partial charge on any atom is 0.224 e. The molecular weight excluding hydrogens is 219 g/mol. The van der Waals surface area contributed by atoms with Gasteiger partial charge in [0.25, 0.3) is 0 Å².